The molecule has 0 radical (unpaired) electrons. The van der Waals surface area contributed by atoms with Gasteiger partial charge in [-0.2, -0.15) is 5.26 Å². The Labute approximate surface area is 124 Å². The van der Waals surface area contributed by atoms with E-state index >= 15 is 0 Å². The Morgan fingerprint density at radius 1 is 0.955 bits per heavy atom. The minimum atomic E-state index is -1.15. The molecule has 0 atom stereocenters. The zero-order valence-electron chi connectivity index (χ0n) is 11.1. The molecule has 110 valence electrons. The third-order valence-electron chi connectivity index (χ3n) is 2.68. The summed E-state index contributed by atoms with van der Waals surface area (Å²) in [7, 11) is 0. The maximum absolute atomic E-state index is 13.0. The molecule has 2 N–H and O–H groups in total. The second-order valence-corrected chi connectivity index (χ2v) is 4.19. The summed E-state index contributed by atoms with van der Waals surface area (Å²) in [6.07, 6.45) is 0. The molecule has 0 unspecified atom stereocenters. The number of benzene rings is 2. The lowest BCUT2D eigenvalue weighted by molar-refractivity contribution is -0.133. The van der Waals surface area contributed by atoms with Gasteiger partial charge in [-0.15, -0.1) is 0 Å². The molecule has 0 aliphatic carbocycles. The van der Waals surface area contributed by atoms with Crippen LogP contribution in [0.5, 0.6) is 0 Å². The highest BCUT2D eigenvalue weighted by Crippen LogP contribution is 2.15. The standard InChI is InChI=1S/C15H9F2N3O2/c16-11-6-5-10(7-12(11)17)19-14(21)15(22)20-13-4-2-1-3-9(13)8-18/h1-7H,(H,19,21)(H,20,22). The number of hydrogen-bond acceptors (Lipinski definition) is 3. The Kier molecular flexibility index (Phi) is 4.44. The first kappa shape index (κ1) is 15.1. The van der Waals surface area contributed by atoms with Gasteiger partial charge in [0, 0.05) is 11.8 Å². The van der Waals surface area contributed by atoms with Crippen molar-refractivity contribution in [2.75, 3.05) is 10.6 Å². The lowest BCUT2D eigenvalue weighted by Crippen LogP contribution is -2.29. The van der Waals surface area contributed by atoms with E-state index in [-0.39, 0.29) is 16.9 Å². The third-order valence-corrected chi connectivity index (χ3v) is 2.68. The number of nitriles is 1. The van der Waals surface area contributed by atoms with Gasteiger partial charge < -0.3 is 10.6 Å². The van der Waals surface area contributed by atoms with E-state index in [9.17, 15) is 18.4 Å². The first-order valence-electron chi connectivity index (χ1n) is 6.08. The van der Waals surface area contributed by atoms with Crippen molar-refractivity contribution in [2.24, 2.45) is 0 Å². The summed E-state index contributed by atoms with van der Waals surface area (Å²) in [6, 6.07) is 10.7. The van der Waals surface area contributed by atoms with E-state index in [4.69, 9.17) is 5.26 Å². The average molecular weight is 301 g/mol. The maximum atomic E-state index is 13.0. The van der Waals surface area contributed by atoms with E-state index in [0.29, 0.717) is 0 Å². The Hall–Kier alpha value is -3.27. The lowest BCUT2D eigenvalue weighted by atomic mass is 10.2. The number of nitrogens with zero attached hydrogens (tertiary/aromatic N) is 1. The molecule has 2 aromatic carbocycles. The smallest absolute Gasteiger partial charge is 0.314 e. The van der Waals surface area contributed by atoms with Gasteiger partial charge in [0.25, 0.3) is 0 Å². The van der Waals surface area contributed by atoms with Crippen LogP contribution in [0.4, 0.5) is 20.2 Å². The molecule has 2 rings (SSSR count). The molecular weight excluding hydrogens is 292 g/mol. The topological polar surface area (TPSA) is 82.0 Å². The van der Waals surface area contributed by atoms with Gasteiger partial charge in [-0.05, 0) is 24.3 Å². The summed E-state index contributed by atoms with van der Waals surface area (Å²) >= 11 is 0. The minimum absolute atomic E-state index is 0.0624. The second-order valence-electron chi connectivity index (χ2n) is 4.19. The molecule has 22 heavy (non-hydrogen) atoms. The van der Waals surface area contributed by atoms with E-state index in [1.165, 1.54) is 12.1 Å². The number of anilines is 2. The van der Waals surface area contributed by atoms with E-state index in [1.807, 2.05) is 6.07 Å². The summed E-state index contributed by atoms with van der Waals surface area (Å²) in [5.74, 6) is -4.32. The maximum Gasteiger partial charge on any atom is 0.314 e. The van der Waals surface area contributed by atoms with Crippen LogP contribution in [0.25, 0.3) is 0 Å². The van der Waals surface area contributed by atoms with Gasteiger partial charge in [-0.3, -0.25) is 9.59 Å². The van der Waals surface area contributed by atoms with Crippen molar-refractivity contribution in [1.82, 2.24) is 0 Å². The molecule has 0 saturated carbocycles. The molecule has 5 nitrogen and oxygen atoms in total. The summed E-state index contributed by atoms with van der Waals surface area (Å²) < 4.78 is 25.8. The van der Waals surface area contributed by atoms with Gasteiger partial charge in [0.15, 0.2) is 11.6 Å². The molecule has 0 aromatic heterocycles. The van der Waals surface area contributed by atoms with E-state index in [1.54, 1.807) is 12.1 Å². The zero-order chi connectivity index (χ0) is 16.1. The highest BCUT2D eigenvalue weighted by atomic mass is 19.2. The number of amides is 2. The van der Waals surface area contributed by atoms with Crippen LogP contribution in [0.3, 0.4) is 0 Å². The highest BCUT2D eigenvalue weighted by molar-refractivity contribution is 6.43. The molecule has 2 amide bonds. The Bertz CT molecular complexity index is 785. The number of halogens is 2. The van der Waals surface area contributed by atoms with E-state index in [2.05, 4.69) is 10.6 Å². The van der Waals surface area contributed by atoms with Crippen LogP contribution in [-0.2, 0) is 9.59 Å². The fourth-order valence-corrected chi connectivity index (χ4v) is 1.63. The zero-order valence-corrected chi connectivity index (χ0v) is 11.1. The highest BCUT2D eigenvalue weighted by Gasteiger charge is 2.16. The first-order chi connectivity index (χ1) is 10.5. The van der Waals surface area contributed by atoms with Gasteiger partial charge in [-0.1, -0.05) is 12.1 Å². The predicted molar refractivity (Wildman–Crippen MR) is 74.8 cm³/mol. The summed E-state index contributed by atoms with van der Waals surface area (Å²) in [5, 5.41) is 13.3. The van der Waals surface area contributed by atoms with Crippen molar-refractivity contribution in [3.05, 3.63) is 59.7 Å². The van der Waals surface area contributed by atoms with Gasteiger partial charge in [0.2, 0.25) is 0 Å². The van der Waals surface area contributed by atoms with Gasteiger partial charge >= 0.3 is 11.8 Å². The molecule has 0 bridgehead atoms. The molecule has 0 fully saturated rings. The largest absolute Gasteiger partial charge is 0.318 e. The Morgan fingerprint density at radius 3 is 2.32 bits per heavy atom. The predicted octanol–water partition coefficient (Wildman–Crippen LogP) is 2.41. The molecule has 0 aliphatic rings. The summed E-state index contributed by atoms with van der Waals surface area (Å²) in [6.45, 7) is 0. The second kappa shape index (κ2) is 6.45. The van der Waals surface area contributed by atoms with Crippen LogP contribution in [0.2, 0.25) is 0 Å². The lowest BCUT2D eigenvalue weighted by Gasteiger charge is -2.07. The summed E-state index contributed by atoms with van der Waals surface area (Å²) in [5.41, 5.74) is 0.305. The minimum Gasteiger partial charge on any atom is -0.318 e. The fraction of sp³-hybridized carbons (Fsp3) is 0. The molecule has 0 heterocycles. The van der Waals surface area contributed by atoms with Crippen LogP contribution < -0.4 is 10.6 Å². The molecule has 0 spiro atoms. The quantitative estimate of drug-likeness (QED) is 0.836. The SMILES string of the molecule is N#Cc1ccccc1NC(=O)C(=O)Nc1ccc(F)c(F)c1. The van der Waals surface area contributed by atoms with Crippen LogP contribution in [0, 0.1) is 23.0 Å². The normalized spacial score (nSPS) is 9.68. The third kappa shape index (κ3) is 3.43. The first-order valence-corrected chi connectivity index (χ1v) is 6.08. The number of rotatable bonds is 2. The molecule has 2 aromatic rings. The van der Waals surface area contributed by atoms with Gasteiger partial charge in [0.1, 0.15) is 6.07 Å². The summed E-state index contributed by atoms with van der Waals surface area (Å²) in [4.78, 5) is 23.4. The van der Waals surface area contributed by atoms with Crippen LogP contribution in [-0.4, -0.2) is 11.8 Å². The Morgan fingerprint density at radius 2 is 1.64 bits per heavy atom. The molecule has 0 saturated heterocycles. The van der Waals surface area contributed by atoms with Crippen molar-refractivity contribution < 1.29 is 18.4 Å². The monoisotopic (exact) mass is 301 g/mol. The number of carbonyl (C=O) groups is 2. The van der Waals surface area contributed by atoms with Crippen molar-refractivity contribution in [3.63, 3.8) is 0 Å². The number of para-hydroxylation sites is 1. The van der Waals surface area contributed by atoms with E-state index < -0.39 is 23.4 Å². The van der Waals surface area contributed by atoms with Crippen molar-refractivity contribution in [3.8, 4) is 6.07 Å². The number of nitrogens with one attached hydrogen (secondary N) is 2. The molecular formula is C15H9F2N3O2. The van der Waals surface area contributed by atoms with Crippen molar-refractivity contribution in [1.29, 1.82) is 5.26 Å². The van der Waals surface area contributed by atoms with E-state index in [0.717, 1.165) is 18.2 Å². The average Bonchev–Trinajstić information content (AvgIpc) is 2.51. The molecule has 7 heteroatoms. The van der Waals surface area contributed by atoms with Gasteiger partial charge in [0.05, 0.1) is 11.3 Å². The van der Waals surface area contributed by atoms with Crippen LogP contribution in [0.1, 0.15) is 5.56 Å². The van der Waals surface area contributed by atoms with Gasteiger partial charge in [-0.25, -0.2) is 8.78 Å². The fourth-order valence-electron chi connectivity index (χ4n) is 1.63. The van der Waals surface area contributed by atoms with Crippen LogP contribution >= 0.6 is 0 Å². The van der Waals surface area contributed by atoms with Crippen molar-refractivity contribution >= 4 is 23.2 Å². The number of hydrogen-bond donors (Lipinski definition) is 2. The van der Waals surface area contributed by atoms with Crippen LogP contribution in [0.15, 0.2) is 42.5 Å². The molecule has 0 aliphatic heterocycles. The number of carbonyl (C=O) groups excluding carboxylic acids is 2. The van der Waals surface area contributed by atoms with Crippen molar-refractivity contribution in [2.45, 2.75) is 0 Å². The Balaban J connectivity index is 2.08.